The van der Waals surface area contributed by atoms with E-state index in [1.54, 1.807) is 4.90 Å². The average molecular weight is 261 g/mol. The van der Waals surface area contributed by atoms with Crippen LogP contribution in [0.25, 0.3) is 0 Å². The van der Waals surface area contributed by atoms with Gasteiger partial charge in [0.15, 0.2) is 5.75 Å². The van der Waals surface area contributed by atoms with E-state index >= 15 is 0 Å². The SMILES string of the molecule is CC1CCCN1c1c(O)cccc1OC(F)(F)F. The molecule has 0 radical (unpaired) electrons. The van der Waals surface area contributed by atoms with Crippen molar-refractivity contribution in [2.24, 2.45) is 0 Å². The third kappa shape index (κ3) is 2.63. The van der Waals surface area contributed by atoms with Crippen LogP contribution in [0.5, 0.6) is 11.5 Å². The van der Waals surface area contributed by atoms with E-state index in [0.717, 1.165) is 12.8 Å². The van der Waals surface area contributed by atoms with E-state index in [1.807, 2.05) is 6.92 Å². The predicted octanol–water partition coefficient (Wildman–Crippen LogP) is 3.28. The molecule has 0 aromatic heterocycles. The summed E-state index contributed by atoms with van der Waals surface area (Å²) in [5.41, 5.74) is 0.125. The second-order valence-electron chi connectivity index (χ2n) is 4.36. The highest BCUT2D eigenvalue weighted by Gasteiger charge is 2.34. The molecule has 1 aliphatic heterocycles. The van der Waals surface area contributed by atoms with Crippen LogP contribution in [0, 0.1) is 0 Å². The molecule has 1 aromatic rings. The summed E-state index contributed by atoms with van der Waals surface area (Å²) in [6.07, 6.45) is -2.98. The third-order valence-corrected chi connectivity index (χ3v) is 3.04. The van der Waals surface area contributed by atoms with Gasteiger partial charge in [0.25, 0.3) is 0 Å². The van der Waals surface area contributed by atoms with Crippen molar-refractivity contribution in [3.8, 4) is 11.5 Å². The van der Waals surface area contributed by atoms with Crippen molar-refractivity contribution >= 4 is 5.69 Å². The van der Waals surface area contributed by atoms with Gasteiger partial charge in [-0.15, -0.1) is 13.2 Å². The van der Waals surface area contributed by atoms with Crippen molar-refractivity contribution < 1.29 is 23.0 Å². The minimum atomic E-state index is -4.76. The van der Waals surface area contributed by atoms with Gasteiger partial charge in [-0.3, -0.25) is 0 Å². The molecule has 1 saturated heterocycles. The third-order valence-electron chi connectivity index (χ3n) is 3.04. The normalized spacial score (nSPS) is 20.2. The van der Waals surface area contributed by atoms with Gasteiger partial charge >= 0.3 is 6.36 Å². The highest BCUT2D eigenvalue weighted by molar-refractivity contribution is 5.68. The van der Waals surface area contributed by atoms with Crippen molar-refractivity contribution in [1.82, 2.24) is 0 Å². The number of alkyl halides is 3. The van der Waals surface area contributed by atoms with Crippen LogP contribution >= 0.6 is 0 Å². The number of nitrogens with zero attached hydrogens (tertiary/aromatic N) is 1. The molecule has 1 atom stereocenters. The zero-order chi connectivity index (χ0) is 13.3. The molecule has 0 spiro atoms. The zero-order valence-corrected chi connectivity index (χ0v) is 9.87. The summed E-state index contributed by atoms with van der Waals surface area (Å²) < 4.78 is 40.9. The standard InChI is InChI=1S/C12H14F3NO2/c1-8-4-3-7-16(8)11-9(17)5-2-6-10(11)18-12(13,14)15/h2,5-6,8,17H,3-4,7H2,1H3. The van der Waals surface area contributed by atoms with E-state index in [9.17, 15) is 18.3 Å². The van der Waals surface area contributed by atoms with Crippen LogP contribution in [-0.2, 0) is 0 Å². The van der Waals surface area contributed by atoms with Crippen LogP contribution in [0.1, 0.15) is 19.8 Å². The van der Waals surface area contributed by atoms with Crippen molar-refractivity contribution in [1.29, 1.82) is 0 Å². The largest absolute Gasteiger partial charge is 0.573 e. The summed E-state index contributed by atoms with van der Waals surface area (Å²) in [7, 11) is 0. The maximum atomic E-state index is 12.3. The first-order valence-electron chi connectivity index (χ1n) is 5.73. The molecule has 100 valence electrons. The number of aromatic hydroxyl groups is 1. The van der Waals surface area contributed by atoms with Crippen LogP contribution in [0.3, 0.4) is 0 Å². The van der Waals surface area contributed by atoms with Gasteiger partial charge in [-0.25, -0.2) is 0 Å². The molecular formula is C12H14F3NO2. The van der Waals surface area contributed by atoms with Crippen LogP contribution < -0.4 is 9.64 Å². The van der Waals surface area contributed by atoms with Crippen molar-refractivity contribution in [2.75, 3.05) is 11.4 Å². The summed E-state index contributed by atoms with van der Waals surface area (Å²) in [4.78, 5) is 1.75. The Kier molecular flexibility index (Phi) is 3.28. The van der Waals surface area contributed by atoms with Crippen molar-refractivity contribution in [3.05, 3.63) is 18.2 Å². The van der Waals surface area contributed by atoms with Crippen LogP contribution in [0.4, 0.5) is 18.9 Å². The van der Waals surface area contributed by atoms with Crippen molar-refractivity contribution in [2.45, 2.75) is 32.2 Å². The van der Waals surface area contributed by atoms with E-state index < -0.39 is 6.36 Å². The number of halogens is 3. The zero-order valence-electron chi connectivity index (χ0n) is 9.87. The van der Waals surface area contributed by atoms with Crippen LogP contribution in [0.2, 0.25) is 0 Å². The Morgan fingerprint density at radius 1 is 1.39 bits per heavy atom. The maximum Gasteiger partial charge on any atom is 0.573 e. The van der Waals surface area contributed by atoms with E-state index in [2.05, 4.69) is 4.74 Å². The van der Waals surface area contributed by atoms with Gasteiger partial charge in [0.1, 0.15) is 11.4 Å². The van der Waals surface area contributed by atoms with Gasteiger partial charge in [-0.2, -0.15) is 0 Å². The summed E-state index contributed by atoms with van der Waals surface area (Å²) in [6.45, 7) is 2.53. The van der Waals surface area contributed by atoms with E-state index in [4.69, 9.17) is 0 Å². The molecule has 18 heavy (non-hydrogen) atoms. The lowest BCUT2D eigenvalue weighted by Crippen LogP contribution is -2.28. The molecule has 1 aliphatic rings. The van der Waals surface area contributed by atoms with Gasteiger partial charge in [-0.05, 0) is 31.9 Å². The van der Waals surface area contributed by atoms with Crippen LogP contribution in [0.15, 0.2) is 18.2 Å². The molecule has 1 unspecified atom stereocenters. The first-order chi connectivity index (χ1) is 8.38. The number of phenols is 1. The summed E-state index contributed by atoms with van der Waals surface area (Å²) in [6, 6.07) is 4.01. The molecule has 6 heteroatoms. The number of para-hydroxylation sites is 1. The lowest BCUT2D eigenvalue weighted by molar-refractivity contribution is -0.274. The molecule has 0 bridgehead atoms. The minimum absolute atomic E-state index is 0.0916. The molecule has 0 amide bonds. The topological polar surface area (TPSA) is 32.7 Å². The summed E-state index contributed by atoms with van der Waals surface area (Å²) in [5.74, 6) is -0.540. The van der Waals surface area contributed by atoms with Gasteiger partial charge < -0.3 is 14.7 Å². The van der Waals surface area contributed by atoms with Gasteiger partial charge in [0.05, 0.1) is 0 Å². The molecule has 1 aromatic carbocycles. The second-order valence-corrected chi connectivity index (χ2v) is 4.36. The monoisotopic (exact) mass is 261 g/mol. The molecule has 0 aliphatic carbocycles. The van der Waals surface area contributed by atoms with Gasteiger partial charge in [0.2, 0.25) is 0 Å². The molecular weight excluding hydrogens is 247 g/mol. The molecule has 3 nitrogen and oxygen atoms in total. The van der Waals surface area contributed by atoms with Gasteiger partial charge in [-0.1, -0.05) is 6.07 Å². The highest BCUT2D eigenvalue weighted by Crippen LogP contribution is 2.42. The Labute approximate surface area is 103 Å². The van der Waals surface area contributed by atoms with Gasteiger partial charge in [0, 0.05) is 12.6 Å². The first-order valence-corrected chi connectivity index (χ1v) is 5.73. The summed E-state index contributed by atoms with van der Waals surface area (Å²) >= 11 is 0. The second kappa shape index (κ2) is 4.59. The van der Waals surface area contributed by atoms with Crippen molar-refractivity contribution in [3.63, 3.8) is 0 Å². The molecule has 0 saturated carbocycles. The van der Waals surface area contributed by atoms with E-state index in [-0.39, 0.29) is 23.2 Å². The Bertz CT molecular complexity index is 434. The fourth-order valence-electron chi connectivity index (χ4n) is 2.27. The lowest BCUT2D eigenvalue weighted by Gasteiger charge is -2.27. The molecule has 1 fully saturated rings. The molecule has 1 N–H and O–H groups in total. The smallest absolute Gasteiger partial charge is 0.506 e. The number of rotatable bonds is 2. The molecule has 2 rings (SSSR count). The first kappa shape index (κ1) is 12.9. The molecule has 1 heterocycles. The van der Waals surface area contributed by atoms with E-state index in [1.165, 1.54) is 18.2 Å². The van der Waals surface area contributed by atoms with E-state index in [0.29, 0.717) is 6.54 Å². The minimum Gasteiger partial charge on any atom is -0.506 e. The maximum absolute atomic E-state index is 12.3. The Balaban J connectivity index is 2.38. The fourth-order valence-corrected chi connectivity index (χ4v) is 2.27. The number of anilines is 1. The van der Waals surface area contributed by atoms with Crippen LogP contribution in [-0.4, -0.2) is 24.1 Å². The number of hydrogen-bond donors (Lipinski definition) is 1. The Morgan fingerprint density at radius 3 is 2.67 bits per heavy atom. The Hall–Kier alpha value is -1.59. The lowest BCUT2D eigenvalue weighted by atomic mass is 10.2. The number of benzene rings is 1. The quantitative estimate of drug-likeness (QED) is 0.886. The average Bonchev–Trinajstić information content (AvgIpc) is 2.62. The Morgan fingerprint density at radius 2 is 2.11 bits per heavy atom. The predicted molar refractivity (Wildman–Crippen MR) is 60.8 cm³/mol. The number of hydrogen-bond acceptors (Lipinski definition) is 3. The number of ether oxygens (including phenoxy) is 1. The summed E-state index contributed by atoms with van der Waals surface area (Å²) in [5, 5.41) is 9.78. The number of phenolic OH excluding ortho intramolecular Hbond substituents is 1. The fraction of sp³-hybridized carbons (Fsp3) is 0.500. The highest BCUT2D eigenvalue weighted by atomic mass is 19.4.